The minimum Gasteiger partial charge on any atom is -0.454 e. The molecular formula is C17H25NO3. The number of aliphatic hydroxyl groups is 1. The second kappa shape index (κ2) is 5.85. The van der Waals surface area contributed by atoms with E-state index in [1.807, 2.05) is 12.1 Å². The molecule has 1 aliphatic carbocycles. The Bertz CT molecular complexity index is 495. The van der Waals surface area contributed by atoms with E-state index in [4.69, 9.17) is 9.47 Å². The first-order valence-corrected chi connectivity index (χ1v) is 7.91. The molecule has 1 saturated carbocycles. The zero-order chi connectivity index (χ0) is 14.9. The van der Waals surface area contributed by atoms with E-state index >= 15 is 0 Å². The number of fused-ring (bicyclic) bond motifs is 1. The summed E-state index contributed by atoms with van der Waals surface area (Å²) in [7, 11) is 0. The number of nitrogens with one attached hydrogen (secondary N) is 1. The van der Waals surface area contributed by atoms with E-state index in [1.54, 1.807) is 0 Å². The first kappa shape index (κ1) is 14.7. The maximum atomic E-state index is 10.6. The Hall–Kier alpha value is -1.26. The van der Waals surface area contributed by atoms with E-state index in [1.165, 1.54) is 0 Å². The summed E-state index contributed by atoms with van der Waals surface area (Å²) in [5.74, 6) is 2.37. The molecule has 116 valence electrons. The molecule has 1 aliphatic heterocycles. The highest BCUT2D eigenvalue weighted by Gasteiger charge is 2.31. The van der Waals surface area contributed by atoms with Crippen LogP contribution in [-0.2, 0) is 0 Å². The summed E-state index contributed by atoms with van der Waals surface area (Å²) in [6, 6.07) is 6.21. The Morgan fingerprint density at radius 2 is 2.00 bits per heavy atom. The summed E-state index contributed by atoms with van der Waals surface area (Å²) in [5, 5.41) is 14.1. The van der Waals surface area contributed by atoms with Crippen LogP contribution in [0.5, 0.6) is 11.5 Å². The van der Waals surface area contributed by atoms with Crippen LogP contribution in [0.3, 0.4) is 0 Å². The quantitative estimate of drug-likeness (QED) is 0.895. The van der Waals surface area contributed by atoms with Gasteiger partial charge in [0.25, 0.3) is 0 Å². The third kappa shape index (κ3) is 3.33. The van der Waals surface area contributed by atoms with Gasteiger partial charge in [0.1, 0.15) is 0 Å². The van der Waals surface area contributed by atoms with Gasteiger partial charge in [0, 0.05) is 12.6 Å². The SMILES string of the molecule is CC1CCC(O)(CNC(C)c2ccc3c(c2)OCO3)CC1. The molecule has 0 spiro atoms. The molecule has 1 atom stereocenters. The smallest absolute Gasteiger partial charge is 0.231 e. The largest absolute Gasteiger partial charge is 0.454 e. The Morgan fingerprint density at radius 1 is 1.29 bits per heavy atom. The van der Waals surface area contributed by atoms with E-state index in [-0.39, 0.29) is 6.04 Å². The molecule has 3 rings (SSSR count). The van der Waals surface area contributed by atoms with E-state index < -0.39 is 5.60 Å². The minimum absolute atomic E-state index is 0.183. The first-order chi connectivity index (χ1) is 10.1. The van der Waals surface area contributed by atoms with Crippen molar-refractivity contribution in [2.24, 2.45) is 5.92 Å². The van der Waals surface area contributed by atoms with Gasteiger partial charge in [-0.05, 0) is 56.2 Å². The maximum Gasteiger partial charge on any atom is 0.231 e. The van der Waals surface area contributed by atoms with E-state index in [2.05, 4.69) is 25.2 Å². The summed E-state index contributed by atoms with van der Waals surface area (Å²) < 4.78 is 10.7. The summed E-state index contributed by atoms with van der Waals surface area (Å²) >= 11 is 0. The molecule has 4 nitrogen and oxygen atoms in total. The molecule has 1 unspecified atom stereocenters. The Kier molecular flexibility index (Phi) is 4.09. The van der Waals surface area contributed by atoms with Crippen molar-refractivity contribution in [2.45, 2.75) is 51.2 Å². The molecule has 0 aromatic heterocycles. The summed E-state index contributed by atoms with van der Waals surface area (Å²) in [6.07, 6.45) is 4.04. The fourth-order valence-corrected chi connectivity index (χ4v) is 3.12. The van der Waals surface area contributed by atoms with Crippen LogP contribution in [0, 0.1) is 5.92 Å². The highest BCUT2D eigenvalue weighted by atomic mass is 16.7. The molecule has 0 radical (unpaired) electrons. The first-order valence-electron chi connectivity index (χ1n) is 7.91. The topological polar surface area (TPSA) is 50.7 Å². The lowest BCUT2D eigenvalue weighted by molar-refractivity contribution is -0.00783. The lowest BCUT2D eigenvalue weighted by atomic mass is 9.79. The Morgan fingerprint density at radius 3 is 2.76 bits per heavy atom. The van der Waals surface area contributed by atoms with Crippen LogP contribution in [0.25, 0.3) is 0 Å². The molecule has 2 aliphatic rings. The number of hydrogen-bond acceptors (Lipinski definition) is 4. The van der Waals surface area contributed by atoms with Crippen molar-refractivity contribution in [3.05, 3.63) is 23.8 Å². The zero-order valence-electron chi connectivity index (χ0n) is 12.9. The average molecular weight is 291 g/mol. The van der Waals surface area contributed by atoms with Gasteiger partial charge in [-0.2, -0.15) is 0 Å². The van der Waals surface area contributed by atoms with Crippen molar-refractivity contribution in [3.8, 4) is 11.5 Å². The molecule has 21 heavy (non-hydrogen) atoms. The third-order valence-corrected chi connectivity index (χ3v) is 4.84. The van der Waals surface area contributed by atoms with Crippen LogP contribution < -0.4 is 14.8 Å². The molecule has 1 fully saturated rings. The van der Waals surface area contributed by atoms with E-state index in [0.29, 0.717) is 13.3 Å². The third-order valence-electron chi connectivity index (χ3n) is 4.84. The van der Waals surface area contributed by atoms with Crippen LogP contribution in [0.1, 0.15) is 51.1 Å². The number of ether oxygens (including phenoxy) is 2. The monoisotopic (exact) mass is 291 g/mol. The van der Waals surface area contributed by atoms with Gasteiger partial charge in [-0.3, -0.25) is 0 Å². The second-order valence-electron chi connectivity index (χ2n) is 6.62. The van der Waals surface area contributed by atoms with Gasteiger partial charge in [0.2, 0.25) is 6.79 Å². The van der Waals surface area contributed by atoms with Gasteiger partial charge in [-0.1, -0.05) is 13.0 Å². The van der Waals surface area contributed by atoms with E-state index in [0.717, 1.165) is 48.7 Å². The highest BCUT2D eigenvalue weighted by Crippen LogP contribution is 2.35. The molecule has 1 aromatic rings. The van der Waals surface area contributed by atoms with Crippen molar-refractivity contribution >= 4 is 0 Å². The fourth-order valence-electron chi connectivity index (χ4n) is 3.12. The lowest BCUT2D eigenvalue weighted by Gasteiger charge is -2.36. The second-order valence-corrected chi connectivity index (χ2v) is 6.62. The highest BCUT2D eigenvalue weighted by molar-refractivity contribution is 5.45. The lowest BCUT2D eigenvalue weighted by Crippen LogP contribution is -2.44. The van der Waals surface area contributed by atoms with Crippen molar-refractivity contribution in [1.82, 2.24) is 5.32 Å². The molecule has 1 aromatic carbocycles. The summed E-state index contributed by atoms with van der Waals surface area (Å²) in [4.78, 5) is 0. The fraction of sp³-hybridized carbons (Fsp3) is 0.647. The normalized spacial score (nSPS) is 29.4. The predicted molar refractivity (Wildman–Crippen MR) is 81.6 cm³/mol. The number of rotatable bonds is 4. The van der Waals surface area contributed by atoms with Gasteiger partial charge in [0.05, 0.1) is 5.60 Å². The Balaban J connectivity index is 1.58. The average Bonchev–Trinajstić information content (AvgIpc) is 2.96. The summed E-state index contributed by atoms with van der Waals surface area (Å²) in [6.45, 7) is 5.34. The van der Waals surface area contributed by atoms with Gasteiger partial charge in [-0.15, -0.1) is 0 Å². The van der Waals surface area contributed by atoms with Crippen LogP contribution in [0.2, 0.25) is 0 Å². The molecule has 0 amide bonds. The molecular weight excluding hydrogens is 266 g/mol. The van der Waals surface area contributed by atoms with Gasteiger partial charge < -0.3 is 19.9 Å². The Labute approximate surface area is 126 Å². The zero-order valence-corrected chi connectivity index (χ0v) is 12.9. The molecule has 0 saturated heterocycles. The van der Waals surface area contributed by atoms with E-state index in [9.17, 15) is 5.11 Å². The van der Waals surface area contributed by atoms with Crippen molar-refractivity contribution < 1.29 is 14.6 Å². The van der Waals surface area contributed by atoms with Gasteiger partial charge in [-0.25, -0.2) is 0 Å². The van der Waals surface area contributed by atoms with Crippen molar-refractivity contribution in [3.63, 3.8) is 0 Å². The standard InChI is InChI=1S/C17H25NO3/c1-12-5-7-17(19,8-6-12)10-18-13(2)14-3-4-15-16(9-14)21-11-20-15/h3-4,9,12-13,18-19H,5-8,10-11H2,1-2H3. The number of hydrogen-bond donors (Lipinski definition) is 2. The molecule has 2 N–H and O–H groups in total. The minimum atomic E-state index is -0.545. The van der Waals surface area contributed by atoms with Crippen molar-refractivity contribution in [2.75, 3.05) is 13.3 Å². The van der Waals surface area contributed by atoms with Crippen LogP contribution in [0.4, 0.5) is 0 Å². The molecule has 0 bridgehead atoms. The van der Waals surface area contributed by atoms with Crippen LogP contribution in [-0.4, -0.2) is 24.0 Å². The van der Waals surface area contributed by atoms with Crippen LogP contribution >= 0.6 is 0 Å². The maximum absolute atomic E-state index is 10.6. The summed E-state index contributed by atoms with van der Waals surface area (Å²) in [5.41, 5.74) is 0.615. The molecule has 1 heterocycles. The predicted octanol–water partition coefficient (Wildman–Crippen LogP) is 3.01. The van der Waals surface area contributed by atoms with Gasteiger partial charge >= 0.3 is 0 Å². The number of benzene rings is 1. The van der Waals surface area contributed by atoms with Gasteiger partial charge in [0.15, 0.2) is 11.5 Å². The molecule has 4 heteroatoms. The van der Waals surface area contributed by atoms with Crippen molar-refractivity contribution in [1.29, 1.82) is 0 Å². The van der Waals surface area contributed by atoms with Crippen LogP contribution in [0.15, 0.2) is 18.2 Å².